The molecule has 0 bridgehead atoms. The number of hydrogen-bond acceptors (Lipinski definition) is 4. The number of rotatable bonds is 4. The monoisotopic (exact) mass is 324 g/mol. The van der Waals surface area contributed by atoms with Crippen LogP contribution >= 0.6 is 15.9 Å². The van der Waals surface area contributed by atoms with Crippen LogP contribution in [0.15, 0.2) is 16.9 Å². The van der Waals surface area contributed by atoms with E-state index in [1.165, 1.54) is 0 Å². The quantitative estimate of drug-likeness (QED) is 0.879. The van der Waals surface area contributed by atoms with Gasteiger partial charge >= 0.3 is 0 Å². The molecule has 0 aliphatic rings. The first-order valence-electron chi connectivity index (χ1n) is 5.95. The van der Waals surface area contributed by atoms with Crippen LogP contribution in [0.5, 0.6) is 5.88 Å². The zero-order chi connectivity index (χ0) is 14.0. The maximum Gasteiger partial charge on any atom is 0.216 e. The Kier molecular flexibility index (Phi) is 4.09. The molecule has 0 atom stereocenters. The topological polar surface area (TPSA) is 52.0 Å². The summed E-state index contributed by atoms with van der Waals surface area (Å²) in [6.45, 7) is 4.65. The highest BCUT2D eigenvalue weighted by Crippen LogP contribution is 2.23. The molecule has 2 heterocycles. The lowest BCUT2D eigenvalue weighted by atomic mass is 10.2. The molecular weight excluding hydrogens is 308 g/mol. The Morgan fingerprint density at radius 2 is 2.16 bits per heavy atom. The molecular formula is C13H17BrN4O. The highest BCUT2D eigenvalue weighted by Gasteiger charge is 2.13. The fraction of sp³-hybridized carbons (Fsp3) is 0.385. The number of methoxy groups -OCH3 is 1. The van der Waals surface area contributed by atoms with E-state index in [-0.39, 0.29) is 0 Å². The van der Waals surface area contributed by atoms with E-state index in [2.05, 4.69) is 37.4 Å². The summed E-state index contributed by atoms with van der Waals surface area (Å²) in [7, 11) is 3.53. The molecule has 19 heavy (non-hydrogen) atoms. The maximum atomic E-state index is 5.37. The van der Waals surface area contributed by atoms with Crippen LogP contribution in [0.2, 0.25) is 0 Å². The molecule has 0 saturated heterocycles. The van der Waals surface area contributed by atoms with Crippen molar-refractivity contribution < 1.29 is 4.74 Å². The average Bonchev–Trinajstić information content (AvgIpc) is 2.64. The summed E-state index contributed by atoms with van der Waals surface area (Å²) in [6, 6.07) is 2.05. The molecule has 6 heteroatoms. The molecule has 0 radical (unpaired) electrons. The van der Waals surface area contributed by atoms with Crippen molar-refractivity contribution in [2.24, 2.45) is 7.05 Å². The summed E-state index contributed by atoms with van der Waals surface area (Å²) in [5, 5.41) is 7.70. The number of ether oxygens (including phenoxy) is 1. The van der Waals surface area contributed by atoms with Crippen LogP contribution in [0.25, 0.3) is 0 Å². The van der Waals surface area contributed by atoms with Crippen molar-refractivity contribution in [3.05, 3.63) is 33.7 Å². The van der Waals surface area contributed by atoms with Gasteiger partial charge < -0.3 is 10.1 Å². The number of anilines is 1. The molecule has 2 rings (SSSR count). The Hall–Kier alpha value is -1.56. The van der Waals surface area contributed by atoms with Gasteiger partial charge in [0.15, 0.2) is 0 Å². The van der Waals surface area contributed by atoms with E-state index in [1.807, 2.05) is 20.9 Å². The molecule has 0 aliphatic heterocycles. The van der Waals surface area contributed by atoms with Crippen molar-refractivity contribution in [2.75, 3.05) is 12.4 Å². The van der Waals surface area contributed by atoms with Crippen LogP contribution in [0.4, 0.5) is 5.69 Å². The van der Waals surface area contributed by atoms with Gasteiger partial charge in [-0.05, 0) is 41.4 Å². The average molecular weight is 325 g/mol. The molecule has 0 aromatic carbocycles. The molecule has 0 saturated carbocycles. The molecule has 1 N–H and O–H groups in total. The molecule has 0 spiro atoms. The smallest absolute Gasteiger partial charge is 0.216 e. The molecule has 2 aromatic heterocycles. The van der Waals surface area contributed by atoms with Gasteiger partial charge in [-0.25, -0.2) is 9.67 Å². The number of hydrogen-bond donors (Lipinski definition) is 1. The van der Waals surface area contributed by atoms with Gasteiger partial charge in [0.25, 0.3) is 0 Å². The van der Waals surface area contributed by atoms with Crippen molar-refractivity contribution in [3.63, 3.8) is 0 Å². The van der Waals surface area contributed by atoms with Crippen LogP contribution in [-0.2, 0) is 13.6 Å². The summed E-state index contributed by atoms with van der Waals surface area (Å²) < 4.78 is 7.98. The Morgan fingerprint density at radius 3 is 2.79 bits per heavy atom. The first-order chi connectivity index (χ1) is 9.02. The van der Waals surface area contributed by atoms with Gasteiger partial charge in [0.1, 0.15) is 4.60 Å². The Bertz CT molecular complexity index is 595. The molecule has 0 aliphatic carbocycles. The lowest BCUT2D eigenvalue weighted by Crippen LogP contribution is -2.03. The standard InChI is InChI=1S/C13H17BrN4O/c1-8-5-10(6-16-12(8)14)15-7-11-9(2)17-18(3)13(11)19-4/h5-6,15H,7H2,1-4H3. The number of aryl methyl sites for hydroxylation is 3. The van der Waals surface area contributed by atoms with Crippen LogP contribution in [0, 0.1) is 13.8 Å². The predicted octanol–water partition coefficient (Wildman–Crippen LogP) is 2.82. The van der Waals surface area contributed by atoms with Crippen molar-refractivity contribution in [1.29, 1.82) is 0 Å². The van der Waals surface area contributed by atoms with E-state index < -0.39 is 0 Å². The van der Waals surface area contributed by atoms with Crippen LogP contribution < -0.4 is 10.1 Å². The number of nitrogens with zero attached hydrogens (tertiary/aromatic N) is 3. The second-order valence-corrected chi connectivity index (χ2v) is 5.13. The third-order valence-corrected chi connectivity index (χ3v) is 3.80. The third-order valence-electron chi connectivity index (χ3n) is 2.97. The lowest BCUT2D eigenvalue weighted by molar-refractivity contribution is 0.370. The van der Waals surface area contributed by atoms with Gasteiger partial charge in [0.2, 0.25) is 5.88 Å². The second kappa shape index (κ2) is 5.61. The van der Waals surface area contributed by atoms with E-state index in [9.17, 15) is 0 Å². The Balaban J connectivity index is 2.16. The SMILES string of the molecule is COc1c(CNc2cnc(Br)c(C)c2)c(C)nn1C. The summed E-state index contributed by atoms with van der Waals surface area (Å²) >= 11 is 3.39. The number of nitrogens with one attached hydrogen (secondary N) is 1. The van der Waals surface area contributed by atoms with Gasteiger partial charge in [-0.2, -0.15) is 5.10 Å². The van der Waals surface area contributed by atoms with Gasteiger partial charge in [-0.15, -0.1) is 0 Å². The number of pyridine rings is 1. The first kappa shape index (κ1) is 13.9. The van der Waals surface area contributed by atoms with Crippen molar-refractivity contribution in [1.82, 2.24) is 14.8 Å². The van der Waals surface area contributed by atoms with Gasteiger partial charge in [0, 0.05) is 13.6 Å². The fourth-order valence-corrected chi connectivity index (χ4v) is 2.20. The van der Waals surface area contributed by atoms with Gasteiger partial charge in [-0.3, -0.25) is 0 Å². The summed E-state index contributed by atoms with van der Waals surface area (Å²) in [4.78, 5) is 4.26. The summed E-state index contributed by atoms with van der Waals surface area (Å²) in [5.74, 6) is 0.784. The molecule has 2 aromatic rings. The minimum atomic E-state index is 0.658. The number of halogens is 1. The Morgan fingerprint density at radius 1 is 1.42 bits per heavy atom. The molecule has 5 nitrogen and oxygen atoms in total. The predicted molar refractivity (Wildman–Crippen MR) is 78.5 cm³/mol. The normalized spacial score (nSPS) is 10.6. The van der Waals surface area contributed by atoms with E-state index >= 15 is 0 Å². The van der Waals surface area contributed by atoms with Crippen LogP contribution in [0.1, 0.15) is 16.8 Å². The summed E-state index contributed by atoms with van der Waals surface area (Å²) in [6.07, 6.45) is 1.80. The minimum Gasteiger partial charge on any atom is -0.481 e. The van der Waals surface area contributed by atoms with Gasteiger partial charge in [-0.1, -0.05) is 0 Å². The third kappa shape index (κ3) is 2.89. The largest absolute Gasteiger partial charge is 0.481 e. The molecule has 0 unspecified atom stereocenters. The first-order valence-corrected chi connectivity index (χ1v) is 6.74. The van der Waals surface area contributed by atoms with Crippen LogP contribution in [0.3, 0.4) is 0 Å². The minimum absolute atomic E-state index is 0.658. The van der Waals surface area contributed by atoms with Gasteiger partial charge in [0.05, 0.1) is 30.3 Å². The van der Waals surface area contributed by atoms with E-state index in [1.54, 1.807) is 18.0 Å². The van der Waals surface area contributed by atoms with Crippen LogP contribution in [-0.4, -0.2) is 21.9 Å². The molecule has 0 amide bonds. The summed E-state index contributed by atoms with van der Waals surface area (Å²) in [5.41, 5.74) is 4.10. The van der Waals surface area contributed by atoms with E-state index in [4.69, 9.17) is 4.74 Å². The zero-order valence-electron chi connectivity index (χ0n) is 11.5. The van der Waals surface area contributed by atoms with Crippen molar-refractivity contribution in [2.45, 2.75) is 20.4 Å². The van der Waals surface area contributed by atoms with Crippen molar-refractivity contribution >= 4 is 21.6 Å². The van der Waals surface area contributed by atoms with E-state index in [0.717, 1.165) is 33.0 Å². The van der Waals surface area contributed by atoms with Crippen molar-refractivity contribution in [3.8, 4) is 5.88 Å². The fourth-order valence-electron chi connectivity index (χ4n) is 1.98. The van der Waals surface area contributed by atoms with E-state index in [0.29, 0.717) is 6.54 Å². The highest BCUT2D eigenvalue weighted by atomic mass is 79.9. The second-order valence-electron chi connectivity index (χ2n) is 4.38. The zero-order valence-corrected chi connectivity index (χ0v) is 13.1. The maximum absolute atomic E-state index is 5.37. The Labute approximate surface area is 121 Å². The molecule has 102 valence electrons. The number of aromatic nitrogens is 3. The lowest BCUT2D eigenvalue weighted by Gasteiger charge is -2.09. The highest BCUT2D eigenvalue weighted by molar-refractivity contribution is 9.10. The molecule has 0 fully saturated rings.